The third-order valence-corrected chi connectivity index (χ3v) is 5.73. The number of rotatable bonds is 9. The van der Waals surface area contributed by atoms with Crippen molar-refractivity contribution < 1.29 is 14.3 Å². The second kappa shape index (κ2) is 11.4. The maximum atomic E-state index is 13.1. The Morgan fingerprint density at radius 1 is 1.03 bits per heavy atom. The summed E-state index contributed by atoms with van der Waals surface area (Å²) in [6, 6.07) is 9.69. The molecule has 30 heavy (non-hydrogen) atoms. The van der Waals surface area contributed by atoms with Gasteiger partial charge in [-0.25, -0.2) is 0 Å². The topological polar surface area (TPSA) is 58.6 Å². The van der Waals surface area contributed by atoms with Crippen LogP contribution in [0.3, 0.4) is 0 Å². The van der Waals surface area contributed by atoms with E-state index in [9.17, 15) is 9.59 Å². The fraction of sp³-hybridized carbons (Fsp3) is 0.364. The maximum Gasteiger partial charge on any atom is 0.261 e. The number of nitrogens with zero attached hydrogens (tertiary/aromatic N) is 1. The first-order chi connectivity index (χ1) is 14.3. The lowest BCUT2D eigenvalue weighted by molar-refractivity contribution is -0.142. The summed E-state index contributed by atoms with van der Waals surface area (Å²) in [4.78, 5) is 27.2. The molecule has 0 spiro atoms. The van der Waals surface area contributed by atoms with Crippen molar-refractivity contribution in [1.82, 2.24) is 10.2 Å². The van der Waals surface area contributed by atoms with Crippen molar-refractivity contribution in [2.24, 2.45) is 0 Å². The molecule has 0 radical (unpaired) electrons. The van der Waals surface area contributed by atoms with Gasteiger partial charge in [0.2, 0.25) is 5.91 Å². The summed E-state index contributed by atoms with van der Waals surface area (Å²) in [5.74, 6) is 0.00771. The second-order valence-electron chi connectivity index (χ2n) is 6.79. The van der Waals surface area contributed by atoms with Crippen molar-refractivity contribution in [3.63, 3.8) is 0 Å². The molecule has 5 nitrogen and oxygen atoms in total. The number of carbonyl (C=O) groups excluding carboxylic acids is 2. The highest BCUT2D eigenvalue weighted by atomic mass is 35.5. The van der Waals surface area contributed by atoms with Gasteiger partial charge in [-0.05, 0) is 61.7 Å². The average Bonchev–Trinajstić information content (AvgIpc) is 2.71. The van der Waals surface area contributed by atoms with Gasteiger partial charge in [0.15, 0.2) is 6.61 Å². The molecule has 0 heterocycles. The highest BCUT2D eigenvalue weighted by Gasteiger charge is 2.28. The Morgan fingerprint density at radius 3 is 2.33 bits per heavy atom. The normalized spacial score (nSPS) is 11.7. The fourth-order valence-electron chi connectivity index (χ4n) is 2.98. The Kier molecular flexibility index (Phi) is 9.28. The molecular weight excluding hydrogens is 447 g/mol. The zero-order valence-electron chi connectivity index (χ0n) is 17.2. The first-order valence-electron chi connectivity index (χ1n) is 9.66. The van der Waals surface area contributed by atoms with Gasteiger partial charge in [0.1, 0.15) is 11.8 Å². The standard InChI is InChI=1S/C22H25Cl3N2O3/c1-4-20(22(29)26-5-2)27(12-15-6-8-18(24)19(25)11-15)21(28)13-30-16-7-9-17(23)14(3)10-16/h6-11,20H,4-5,12-13H2,1-3H3,(H,26,29). The van der Waals surface area contributed by atoms with Crippen molar-refractivity contribution in [1.29, 1.82) is 0 Å². The van der Waals surface area contributed by atoms with Gasteiger partial charge >= 0.3 is 0 Å². The lowest BCUT2D eigenvalue weighted by atomic mass is 10.1. The summed E-state index contributed by atoms with van der Waals surface area (Å²) in [6.07, 6.45) is 0.457. The number of aryl methyl sites for hydroxylation is 1. The SMILES string of the molecule is CCNC(=O)C(CC)N(Cc1ccc(Cl)c(Cl)c1)C(=O)COc1ccc(Cl)c(C)c1. The van der Waals surface area contributed by atoms with Gasteiger partial charge in [-0.2, -0.15) is 0 Å². The van der Waals surface area contributed by atoms with Gasteiger partial charge in [0.25, 0.3) is 5.91 Å². The van der Waals surface area contributed by atoms with Gasteiger partial charge in [0, 0.05) is 18.1 Å². The molecule has 0 aliphatic rings. The summed E-state index contributed by atoms with van der Waals surface area (Å²) in [7, 11) is 0. The summed E-state index contributed by atoms with van der Waals surface area (Å²) in [5.41, 5.74) is 1.62. The molecule has 0 saturated carbocycles. The van der Waals surface area contributed by atoms with Gasteiger partial charge in [-0.1, -0.05) is 47.8 Å². The van der Waals surface area contributed by atoms with E-state index in [0.717, 1.165) is 11.1 Å². The number of halogens is 3. The molecule has 1 atom stereocenters. The van der Waals surface area contributed by atoms with Crippen molar-refractivity contribution in [2.45, 2.75) is 39.8 Å². The van der Waals surface area contributed by atoms with Crippen LogP contribution < -0.4 is 10.1 Å². The Morgan fingerprint density at radius 2 is 1.73 bits per heavy atom. The highest BCUT2D eigenvalue weighted by molar-refractivity contribution is 6.42. The van der Waals surface area contributed by atoms with Crippen LogP contribution in [0.5, 0.6) is 5.75 Å². The van der Waals surface area contributed by atoms with Crippen LogP contribution in [0.25, 0.3) is 0 Å². The Hall–Kier alpha value is -1.95. The van der Waals surface area contributed by atoms with Crippen molar-refractivity contribution in [3.05, 3.63) is 62.6 Å². The zero-order chi connectivity index (χ0) is 22.3. The number of hydrogen-bond acceptors (Lipinski definition) is 3. The van der Waals surface area contributed by atoms with Crippen LogP contribution in [0.4, 0.5) is 0 Å². The second-order valence-corrected chi connectivity index (χ2v) is 8.01. The third kappa shape index (κ3) is 6.53. The quantitative estimate of drug-likeness (QED) is 0.541. The van der Waals surface area contributed by atoms with E-state index in [1.807, 2.05) is 20.8 Å². The number of benzene rings is 2. The van der Waals surface area contributed by atoms with E-state index in [1.54, 1.807) is 36.4 Å². The lowest BCUT2D eigenvalue weighted by Gasteiger charge is -2.30. The summed E-state index contributed by atoms with van der Waals surface area (Å²) >= 11 is 18.2. The summed E-state index contributed by atoms with van der Waals surface area (Å²) in [6.45, 7) is 6.02. The Balaban J connectivity index is 2.23. The zero-order valence-corrected chi connectivity index (χ0v) is 19.4. The van der Waals surface area contributed by atoms with E-state index in [2.05, 4.69) is 5.32 Å². The van der Waals surface area contributed by atoms with Crippen LogP contribution in [-0.4, -0.2) is 35.9 Å². The monoisotopic (exact) mass is 470 g/mol. The number of hydrogen-bond donors (Lipinski definition) is 1. The molecule has 0 saturated heterocycles. The van der Waals surface area contributed by atoms with Crippen LogP contribution in [0, 0.1) is 6.92 Å². The molecule has 1 N–H and O–H groups in total. The average molecular weight is 472 g/mol. The van der Waals surface area contributed by atoms with Crippen LogP contribution in [0.2, 0.25) is 15.1 Å². The minimum absolute atomic E-state index is 0.203. The molecular formula is C22H25Cl3N2O3. The summed E-state index contributed by atoms with van der Waals surface area (Å²) < 4.78 is 5.67. The van der Waals surface area contributed by atoms with Crippen molar-refractivity contribution in [2.75, 3.05) is 13.2 Å². The van der Waals surface area contributed by atoms with E-state index < -0.39 is 6.04 Å². The predicted octanol–water partition coefficient (Wildman–Crippen LogP) is 5.28. The molecule has 0 bridgehead atoms. The van der Waals surface area contributed by atoms with E-state index in [1.165, 1.54) is 4.90 Å². The van der Waals surface area contributed by atoms with Gasteiger partial charge in [-0.3, -0.25) is 9.59 Å². The minimum atomic E-state index is -0.637. The van der Waals surface area contributed by atoms with Crippen LogP contribution >= 0.6 is 34.8 Å². The molecule has 1 unspecified atom stereocenters. The van der Waals surface area contributed by atoms with Gasteiger partial charge in [-0.15, -0.1) is 0 Å². The molecule has 2 aromatic carbocycles. The molecule has 8 heteroatoms. The Labute approximate surface area is 192 Å². The first-order valence-corrected chi connectivity index (χ1v) is 10.8. The van der Waals surface area contributed by atoms with Crippen LogP contribution in [0.1, 0.15) is 31.4 Å². The van der Waals surface area contributed by atoms with Crippen LogP contribution in [0.15, 0.2) is 36.4 Å². The number of carbonyl (C=O) groups is 2. The van der Waals surface area contributed by atoms with E-state index in [-0.39, 0.29) is 25.0 Å². The van der Waals surface area contributed by atoms with Crippen LogP contribution in [-0.2, 0) is 16.1 Å². The number of amides is 2. The lowest BCUT2D eigenvalue weighted by Crippen LogP contribution is -2.50. The smallest absolute Gasteiger partial charge is 0.261 e. The maximum absolute atomic E-state index is 13.1. The predicted molar refractivity (Wildman–Crippen MR) is 121 cm³/mol. The number of likely N-dealkylation sites (N-methyl/N-ethyl adjacent to an activating group) is 1. The third-order valence-electron chi connectivity index (χ3n) is 4.57. The van der Waals surface area contributed by atoms with E-state index in [4.69, 9.17) is 39.5 Å². The van der Waals surface area contributed by atoms with E-state index >= 15 is 0 Å². The molecule has 2 aromatic rings. The molecule has 2 rings (SSSR count). The molecule has 0 aliphatic heterocycles. The van der Waals surface area contributed by atoms with E-state index in [0.29, 0.717) is 33.8 Å². The fourth-order valence-corrected chi connectivity index (χ4v) is 3.42. The highest BCUT2D eigenvalue weighted by Crippen LogP contribution is 2.25. The molecule has 2 amide bonds. The molecule has 0 aromatic heterocycles. The van der Waals surface area contributed by atoms with Crippen molar-refractivity contribution in [3.8, 4) is 5.75 Å². The van der Waals surface area contributed by atoms with Gasteiger partial charge < -0.3 is 15.0 Å². The van der Waals surface area contributed by atoms with Gasteiger partial charge in [0.05, 0.1) is 10.0 Å². The number of ether oxygens (including phenoxy) is 1. The first kappa shape index (κ1) is 24.3. The molecule has 0 aliphatic carbocycles. The molecule has 0 fully saturated rings. The Bertz CT molecular complexity index is 905. The minimum Gasteiger partial charge on any atom is -0.484 e. The number of nitrogens with one attached hydrogen (secondary N) is 1. The molecule has 162 valence electrons. The summed E-state index contributed by atoms with van der Waals surface area (Å²) in [5, 5.41) is 4.23. The largest absolute Gasteiger partial charge is 0.484 e. The van der Waals surface area contributed by atoms with Crippen molar-refractivity contribution >= 4 is 46.6 Å².